The van der Waals surface area contributed by atoms with Crippen molar-refractivity contribution in [2.75, 3.05) is 45.9 Å². The van der Waals surface area contributed by atoms with E-state index in [0.717, 1.165) is 50.3 Å². The smallest absolute Gasteiger partial charge is 0.184 e. The van der Waals surface area contributed by atoms with E-state index in [4.69, 9.17) is 9.47 Å². The van der Waals surface area contributed by atoms with E-state index < -0.39 is 0 Å². The predicted molar refractivity (Wildman–Crippen MR) is 139 cm³/mol. The van der Waals surface area contributed by atoms with Gasteiger partial charge >= 0.3 is 0 Å². The van der Waals surface area contributed by atoms with Crippen LogP contribution in [0, 0.1) is 6.92 Å². The molecule has 3 aromatic carbocycles. The van der Waals surface area contributed by atoms with Crippen molar-refractivity contribution in [3.8, 4) is 0 Å². The number of aryl methyl sites for hydroxylation is 2. The summed E-state index contributed by atoms with van der Waals surface area (Å²) in [5.74, 6) is 0. The lowest BCUT2D eigenvalue weighted by atomic mass is 10.1. The summed E-state index contributed by atoms with van der Waals surface area (Å²) < 4.78 is 12.4. The highest BCUT2D eigenvalue weighted by Crippen LogP contribution is 2.20. The van der Waals surface area contributed by atoms with Crippen molar-refractivity contribution in [1.29, 1.82) is 0 Å². The number of benzene rings is 3. The number of hydrogen-bond donors (Lipinski definition) is 0. The molecule has 0 aromatic heterocycles. The molecule has 0 amide bonds. The van der Waals surface area contributed by atoms with E-state index in [-0.39, 0.29) is 6.29 Å². The molecule has 0 N–H and O–H groups in total. The highest BCUT2D eigenvalue weighted by Gasteiger charge is 2.18. The molecule has 0 spiro atoms. The lowest BCUT2D eigenvalue weighted by Crippen LogP contribution is -2.47. The third-order valence-electron chi connectivity index (χ3n) is 6.52. The molecule has 1 saturated heterocycles. The molecule has 1 fully saturated rings. The molecule has 0 bridgehead atoms. The third kappa shape index (κ3) is 8.07. The quantitative estimate of drug-likeness (QED) is 0.336. The first-order valence-corrected chi connectivity index (χ1v) is 12.6. The Balaban J connectivity index is 1.16. The van der Waals surface area contributed by atoms with E-state index in [1.807, 2.05) is 36.4 Å². The van der Waals surface area contributed by atoms with Gasteiger partial charge in [-0.2, -0.15) is 0 Å². The first-order chi connectivity index (χ1) is 16.8. The van der Waals surface area contributed by atoms with Gasteiger partial charge in [0.1, 0.15) is 0 Å². The molecule has 3 aromatic rings. The van der Waals surface area contributed by atoms with Crippen LogP contribution in [0.5, 0.6) is 0 Å². The fraction of sp³-hybridized carbons (Fsp3) is 0.400. The molecule has 1 aliphatic heterocycles. The number of ether oxygens (including phenoxy) is 2. The van der Waals surface area contributed by atoms with E-state index in [9.17, 15) is 0 Å². The normalized spacial score (nSPS) is 15.9. The highest BCUT2D eigenvalue weighted by atomic mass is 16.7. The Bertz CT molecular complexity index is 939. The molecule has 4 rings (SSSR count). The van der Waals surface area contributed by atoms with Crippen molar-refractivity contribution >= 4 is 0 Å². The Hall–Kier alpha value is -2.50. The second kappa shape index (κ2) is 13.4. The molecule has 1 aliphatic rings. The fourth-order valence-electron chi connectivity index (χ4n) is 4.38. The minimum Gasteiger partial charge on any atom is -0.347 e. The number of hydrogen-bond acceptors (Lipinski definition) is 4. The SMILES string of the molecule is Cc1ccc(CCCN2CCN(CCOC(OCc3ccccc3)c3ccccc3)CC2)cc1. The minimum atomic E-state index is -0.343. The maximum atomic E-state index is 6.22. The monoisotopic (exact) mass is 458 g/mol. The maximum absolute atomic E-state index is 6.22. The van der Waals surface area contributed by atoms with Crippen molar-refractivity contribution in [1.82, 2.24) is 9.80 Å². The van der Waals surface area contributed by atoms with Crippen LogP contribution in [0.4, 0.5) is 0 Å². The first-order valence-electron chi connectivity index (χ1n) is 12.6. The highest BCUT2D eigenvalue weighted by molar-refractivity contribution is 5.21. The fourth-order valence-corrected chi connectivity index (χ4v) is 4.38. The van der Waals surface area contributed by atoms with Gasteiger partial charge in [-0.3, -0.25) is 4.90 Å². The number of piperazine rings is 1. The van der Waals surface area contributed by atoms with Crippen LogP contribution in [0.2, 0.25) is 0 Å². The summed E-state index contributed by atoms with van der Waals surface area (Å²) in [4.78, 5) is 5.11. The van der Waals surface area contributed by atoms with E-state index in [1.54, 1.807) is 0 Å². The molecule has 180 valence electrons. The van der Waals surface area contributed by atoms with Crippen LogP contribution in [0.1, 0.15) is 35.0 Å². The van der Waals surface area contributed by atoms with Gasteiger partial charge in [0.25, 0.3) is 0 Å². The van der Waals surface area contributed by atoms with Crippen LogP contribution >= 0.6 is 0 Å². The molecule has 1 heterocycles. The van der Waals surface area contributed by atoms with Crippen LogP contribution in [0.15, 0.2) is 84.9 Å². The molecular formula is C30H38N2O2. The van der Waals surface area contributed by atoms with Crippen LogP contribution in [0.3, 0.4) is 0 Å². The molecule has 4 heteroatoms. The third-order valence-corrected chi connectivity index (χ3v) is 6.52. The van der Waals surface area contributed by atoms with Crippen molar-refractivity contribution in [3.05, 3.63) is 107 Å². The van der Waals surface area contributed by atoms with Gasteiger partial charge in [-0.15, -0.1) is 0 Å². The van der Waals surface area contributed by atoms with Crippen LogP contribution < -0.4 is 0 Å². The van der Waals surface area contributed by atoms with E-state index in [0.29, 0.717) is 13.2 Å². The maximum Gasteiger partial charge on any atom is 0.184 e. The summed E-state index contributed by atoms with van der Waals surface area (Å²) in [6.07, 6.45) is 2.05. The Morgan fingerprint density at radius 2 is 1.29 bits per heavy atom. The van der Waals surface area contributed by atoms with E-state index in [1.165, 1.54) is 24.1 Å². The zero-order valence-electron chi connectivity index (χ0n) is 20.4. The minimum absolute atomic E-state index is 0.343. The van der Waals surface area contributed by atoms with Crippen molar-refractivity contribution < 1.29 is 9.47 Å². The Kier molecular flexibility index (Phi) is 9.71. The Labute approximate surface area is 205 Å². The van der Waals surface area contributed by atoms with Crippen LogP contribution in [0.25, 0.3) is 0 Å². The number of rotatable bonds is 12. The average Bonchev–Trinajstić information content (AvgIpc) is 2.89. The molecule has 0 radical (unpaired) electrons. The van der Waals surface area contributed by atoms with Crippen molar-refractivity contribution in [2.45, 2.75) is 32.7 Å². The Morgan fingerprint density at radius 1 is 0.676 bits per heavy atom. The molecule has 1 atom stereocenters. The van der Waals surface area contributed by atoms with Gasteiger partial charge in [-0.05, 0) is 37.4 Å². The van der Waals surface area contributed by atoms with Crippen molar-refractivity contribution in [3.63, 3.8) is 0 Å². The summed E-state index contributed by atoms with van der Waals surface area (Å²) in [6.45, 7) is 9.97. The molecule has 4 nitrogen and oxygen atoms in total. The molecule has 0 saturated carbocycles. The second-order valence-electron chi connectivity index (χ2n) is 9.18. The standard InChI is InChI=1S/C30H38N2O2/c1-26-14-16-27(17-15-26)11-8-18-31-19-21-32(22-20-31)23-24-33-30(29-12-6-3-7-13-29)34-25-28-9-4-2-5-10-28/h2-7,9-10,12-17,30H,8,11,18-25H2,1H3. The lowest BCUT2D eigenvalue weighted by molar-refractivity contribution is -0.157. The largest absolute Gasteiger partial charge is 0.347 e. The Morgan fingerprint density at radius 3 is 1.97 bits per heavy atom. The van der Waals surface area contributed by atoms with E-state index >= 15 is 0 Å². The van der Waals surface area contributed by atoms with Gasteiger partial charge in [0.15, 0.2) is 6.29 Å². The van der Waals surface area contributed by atoms with Gasteiger partial charge < -0.3 is 14.4 Å². The summed E-state index contributed by atoms with van der Waals surface area (Å²) in [6, 6.07) is 29.5. The van der Waals surface area contributed by atoms with Gasteiger partial charge in [-0.25, -0.2) is 0 Å². The topological polar surface area (TPSA) is 24.9 Å². The van der Waals surface area contributed by atoms with Crippen molar-refractivity contribution in [2.24, 2.45) is 0 Å². The average molecular weight is 459 g/mol. The lowest BCUT2D eigenvalue weighted by Gasteiger charge is -2.34. The number of nitrogens with zero attached hydrogens (tertiary/aromatic N) is 2. The van der Waals surface area contributed by atoms with Gasteiger partial charge in [0.05, 0.1) is 13.2 Å². The zero-order valence-corrected chi connectivity index (χ0v) is 20.4. The molecular weight excluding hydrogens is 420 g/mol. The van der Waals surface area contributed by atoms with Crippen LogP contribution in [-0.4, -0.2) is 55.7 Å². The second-order valence-corrected chi connectivity index (χ2v) is 9.18. The molecule has 1 unspecified atom stereocenters. The van der Waals surface area contributed by atoms with Gasteiger partial charge in [0, 0.05) is 38.3 Å². The van der Waals surface area contributed by atoms with Gasteiger partial charge in [-0.1, -0.05) is 90.5 Å². The summed E-state index contributed by atoms with van der Waals surface area (Å²) >= 11 is 0. The molecule has 0 aliphatic carbocycles. The zero-order chi connectivity index (χ0) is 23.4. The molecule has 34 heavy (non-hydrogen) atoms. The summed E-state index contributed by atoms with van der Waals surface area (Å²) in [5.41, 5.74) is 5.01. The van der Waals surface area contributed by atoms with Gasteiger partial charge in [0.2, 0.25) is 0 Å². The van der Waals surface area contributed by atoms with Crippen LogP contribution in [-0.2, 0) is 22.5 Å². The van der Waals surface area contributed by atoms with E-state index in [2.05, 4.69) is 65.3 Å². The predicted octanol–water partition coefficient (Wildman–Crippen LogP) is 5.48. The summed E-state index contributed by atoms with van der Waals surface area (Å²) in [5, 5.41) is 0. The summed E-state index contributed by atoms with van der Waals surface area (Å²) in [7, 11) is 0. The first kappa shape index (κ1) is 24.6.